The van der Waals surface area contributed by atoms with Crippen molar-refractivity contribution in [3.8, 4) is 5.75 Å². The van der Waals surface area contributed by atoms with Crippen molar-refractivity contribution in [3.63, 3.8) is 0 Å². The van der Waals surface area contributed by atoms with Crippen LogP contribution in [0.2, 0.25) is 0 Å². The summed E-state index contributed by atoms with van der Waals surface area (Å²) >= 11 is 0. The highest BCUT2D eigenvalue weighted by molar-refractivity contribution is 5.91. The van der Waals surface area contributed by atoms with Crippen LogP contribution in [0.5, 0.6) is 5.75 Å². The Hall–Kier alpha value is -3.19. The van der Waals surface area contributed by atoms with Gasteiger partial charge in [-0.3, -0.25) is 10.0 Å². The van der Waals surface area contributed by atoms with Crippen LogP contribution in [0, 0.1) is 0 Å². The molecule has 0 fully saturated rings. The van der Waals surface area contributed by atoms with Crippen molar-refractivity contribution in [1.82, 2.24) is 15.4 Å². The van der Waals surface area contributed by atoms with E-state index in [1.807, 2.05) is 55.3 Å². The smallest absolute Gasteiger partial charge is 0.284 e. The number of anilines is 2. The molecule has 27 heavy (non-hydrogen) atoms. The van der Waals surface area contributed by atoms with Crippen molar-refractivity contribution in [2.45, 2.75) is 25.9 Å². The number of hydroxylamine groups is 1. The maximum atomic E-state index is 11.7. The molecule has 3 aromatic rings. The van der Waals surface area contributed by atoms with Gasteiger partial charge in [0.25, 0.3) is 5.91 Å². The molecule has 2 aromatic carbocycles. The number of hydrogen-bond donors (Lipinski definition) is 2. The fourth-order valence-electron chi connectivity index (χ4n) is 2.87. The molecule has 0 saturated heterocycles. The number of fused-ring (bicyclic) bond motifs is 1. The first-order valence-electron chi connectivity index (χ1n) is 8.78. The van der Waals surface area contributed by atoms with Crippen LogP contribution in [-0.2, 0) is 4.79 Å². The molecule has 0 spiro atoms. The lowest BCUT2D eigenvalue weighted by Gasteiger charge is -2.21. The molecule has 0 aliphatic heterocycles. The minimum absolute atomic E-state index is 0.515. The molecule has 1 unspecified atom stereocenters. The maximum Gasteiger partial charge on any atom is 0.284 e. The van der Waals surface area contributed by atoms with Crippen molar-refractivity contribution in [1.29, 1.82) is 0 Å². The van der Waals surface area contributed by atoms with E-state index in [1.54, 1.807) is 23.9 Å². The summed E-state index contributed by atoms with van der Waals surface area (Å²) in [5, 5.41) is 9.80. The highest BCUT2D eigenvalue weighted by atomic mass is 16.5. The van der Waals surface area contributed by atoms with Crippen LogP contribution in [-0.4, -0.2) is 34.2 Å². The summed E-state index contributed by atoms with van der Waals surface area (Å²) in [5.41, 5.74) is 3.45. The molecular formula is C20H22N4O3. The number of para-hydroxylation sites is 1. The van der Waals surface area contributed by atoms with Gasteiger partial charge in [0, 0.05) is 18.1 Å². The van der Waals surface area contributed by atoms with Crippen LogP contribution in [0.1, 0.15) is 19.8 Å². The zero-order chi connectivity index (χ0) is 19.2. The number of ether oxygens (including phenoxy) is 1. The van der Waals surface area contributed by atoms with Crippen LogP contribution in [0.3, 0.4) is 0 Å². The van der Waals surface area contributed by atoms with Gasteiger partial charge in [0.05, 0.1) is 5.52 Å². The molecule has 1 atom stereocenters. The Morgan fingerprint density at radius 3 is 2.63 bits per heavy atom. The fourth-order valence-corrected chi connectivity index (χ4v) is 2.87. The molecule has 7 heteroatoms. The van der Waals surface area contributed by atoms with Crippen LogP contribution in [0.15, 0.2) is 54.9 Å². The molecule has 0 saturated carbocycles. The summed E-state index contributed by atoms with van der Waals surface area (Å²) in [5.74, 6) is 0.810. The number of nitrogens with one attached hydrogen (secondary N) is 1. The van der Waals surface area contributed by atoms with E-state index < -0.39 is 12.0 Å². The Labute approximate surface area is 157 Å². The van der Waals surface area contributed by atoms with Gasteiger partial charge in [-0.15, -0.1) is 0 Å². The van der Waals surface area contributed by atoms with Gasteiger partial charge in [0.15, 0.2) is 6.10 Å². The fraction of sp³-hybridized carbons (Fsp3) is 0.250. The van der Waals surface area contributed by atoms with Crippen molar-refractivity contribution >= 4 is 28.3 Å². The first-order chi connectivity index (χ1) is 13.1. The summed E-state index contributed by atoms with van der Waals surface area (Å²) in [6.07, 6.45) is 2.10. The number of amides is 1. The molecule has 1 amide bonds. The van der Waals surface area contributed by atoms with Crippen molar-refractivity contribution in [2.24, 2.45) is 0 Å². The highest BCUT2D eigenvalue weighted by Gasteiger charge is 2.19. The van der Waals surface area contributed by atoms with E-state index in [2.05, 4.69) is 9.97 Å². The van der Waals surface area contributed by atoms with Crippen molar-refractivity contribution in [3.05, 3.63) is 54.9 Å². The summed E-state index contributed by atoms with van der Waals surface area (Å²) in [4.78, 5) is 22.4. The standard InChI is InChI=1S/C20H22N4O3/c1-3-6-18(20(25)23-26)27-15-11-9-14(10-12-15)24(2)19-16-7-4-5-8-17(16)21-13-22-19/h4-5,7-13,18,26H,3,6H2,1-2H3,(H,23,25). The lowest BCUT2D eigenvalue weighted by Crippen LogP contribution is -2.36. The van der Waals surface area contributed by atoms with E-state index in [9.17, 15) is 4.79 Å². The summed E-state index contributed by atoms with van der Waals surface area (Å²) in [7, 11) is 1.93. The molecule has 0 bridgehead atoms. The molecular weight excluding hydrogens is 344 g/mol. The quantitative estimate of drug-likeness (QED) is 0.492. The third-order valence-corrected chi connectivity index (χ3v) is 4.30. The molecule has 2 N–H and O–H groups in total. The first-order valence-corrected chi connectivity index (χ1v) is 8.78. The Bertz CT molecular complexity index is 909. The second-order valence-electron chi connectivity index (χ2n) is 6.14. The summed E-state index contributed by atoms with van der Waals surface area (Å²) in [6.45, 7) is 1.95. The van der Waals surface area contributed by atoms with Gasteiger partial charge < -0.3 is 9.64 Å². The van der Waals surface area contributed by atoms with Crippen molar-refractivity contribution < 1.29 is 14.7 Å². The Morgan fingerprint density at radius 1 is 1.19 bits per heavy atom. The number of rotatable bonds is 7. The summed E-state index contributed by atoms with van der Waals surface area (Å²) < 4.78 is 5.70. The minimum Gasteiger partial charge on any atom is -0.481 e. The van der Waals surface area contributed by atoms with Gasteiger partial charge >= 0.3 is 0 Å². The Balaban J connectivity index is 1.81. The highest BCUT2D eigenvalue weighted by Crippen LogP contribution is 2.29. The zero-order valence-electron chi connectivity index (χ0n) is 15.3. The number of aromatic nitrogens is 2. The molecule has 3 rings (SSSR count). The normalized spacial score (nSPS) is 11.8. The van der Waals surface area contributed by atoms with Crippen LogP contribution in [0.4, 0.5) is 11.5 Å². The van der Waals surface area contributed by atoms with E-state index in [-0.39, 0.29) is 0 Å². The second-order valence-corrected chi connectivity index (χ2v) is 6.14. The first kappa shape index (κ1) is 18.6. The van der Waals surface area contributed by atoms with Crippen molar-refractivity contribution in [2.75, 3.05) is 11.9 Å². The van der Waals surface area contributed by atoms with Crippen LogP contribution >= 0.6 is 0 Å². The lowest BCUT2D eigenvalue weighted by molar-refractivity contribution is -0.136. The molecule has 0 aliphatic carbocycles. The van der Waals surface area contributed by atoms with Gasteiger partial charge in [0.1, 0.15) is 17.9 Å². The monoisotopic (exact) mass is 366 g/mol. The Morgan fingerprint density at radius 2 is 1.93 bits per heavy atom. The molecule has 1 heterocycles. The molecule has 0 aliphatic rings. The van der Waals surface area contributed by atoms with Crippen LogP contribution < -0.4 is 15.1 Å². The number of hydrogen-bond acceptors (Lipinski definition) is 6. The number of carbonyl (C=O) groups excluding carboxylic acids is 1. The third-order valence-electron chi connectivity index (χ3n) is 4.30. The molecule has 0 radical (unpaired) electrons. The van der Waals surface area contributed by atoms with Gasteiger partial charge in [0.2, 0.25) is 0 Å². The van der Waals surface area contributed by atoms with Gasteiger partial charge in [-0.05, 0) is 42.8 Å². The van der Waals surface area contributed by atoms with E-state index >= 15 is 0 Å². The number of benzene rings is 2. The van der Waals surface area contributed by atoms with Gasteiger partial charge in [-0.1, -0.05) is 25.5 Å². The van der Waals surface area contributed by atoms with Gasteiger partial charge in [-0.25, -0.2) is 15.4 Å². The SMILES string of the molecule is CCCC(Oc1ccc(N(C)c2ncnc3ccccc23)cc1)C(=O)NO. The largest absolute Gasteiger partial charge is 0.481 e. The van der Waals surface area contributed by atoms with E-state index in [4.69, 9.17) is 9.94 Å². The number of nitrogens with zero attached hydrogens (tertiary/aromatic N) is 3. The Kier molecular flexibility index (Phi) is 5.83. The molecule has 7 nitrogen and oxygen atoms in total. The topological polar surface area (TPSA) is 87.6 Å². The predicted octanol–water partition coefficient (Wildman–Crippen LogP) is 3.45. The van der Waals surface area contributed by atoms with Gasteiger partial charge in [-0.2, -0.15) is 0 Å². The average molecular weight is 366 g/mol. The van der Waals surface area contributed by atoms with E-state index in [0.29, 0.717) is 12.2 Å². The zero-order valence-corrected chi connectivity index (χ0v) is 15.3. The summed E-state index contributed by atoms with van der Waals surface area (Å²) in [6, 6.07) is 15.2. The minimum atomic E-state index is -0.727. The number of carbonyl (C=O) groups is 1. The lowest BCUT2D eigenvalue weighted by atomic mass is 10.2. The van der Waals surface area contributed by atoms with Crippen LogP contribution in [0.25, 0.3) is 10.9 Å². The third kappa shape index (κ3) is 4.15. The average Bonchev–Trinajstić information content (AvgIpc) is 2.72. The molecule has 1 aromatic heterocycles. The molecule has 140 valence electrons. The van der Waals surface area contributed by atoms with E-state index in [0.717, 1.165) is 28.8 Å². The predicted molar refractivity (Wildman–Crippen MR) is 103 cm³/mol. The second kappa shape index (κ2) is 8.46. The van der Waals surface area contributed by atoms with E-state index in [1.165, 1.54) is 0 Å². The maximum absolute atomic E-state index is 11.7.